The van der Waals surface area contributed by atoms with Crippen LogP contribution in [-0.2, 0) is 9.47 Å². The smallest absolute Gasteiger partial charge is 0.112 e. The Balaban J connectivity index is 0.00000253. The van der Waals surface area contributed by atoms with E-state index in [4.69, 9.17) is 9.47 Å². The summed E-state index contributed by atoms with van der Waals surface area (Å²) < 4.78 is 12.9. The number of hydrogen-bond acceptors (Lipinski definition) is 4. The zero-order valence-electron chi connectivity index (χ0n) is 22.6. The number of hydrogen-bond donors (Lipinski definition) is 2. The third kappa shape index (κ3) is 2.98. The van der Waals surface area contributed by atoms with Gasteiger partial charge in [0.1, 0.15) is 6.10 Å². The van der Waals surface area contributed by atoms with E-state index in [0.717, 1.165) is 24.7 Å². The van der Waals surface area contributed by atoms with Gasteiger partial charge < -0.3 is 19.7 Å². The van der Waals surface area contributed by atoms with Crippen LogP contribution in [0, 0.1) is 45.3 Å². The van der Waals surface area contributed by atoms with Gasteiger partial charge in [0, 0.05) is 8.03 Å². The van der Waals surface area contributed by atoms with Gasteiger partial charge in [-0.05, 0) is 130 Å². The first kappa shape index (κ1) is 24.2. The van der Waals surface area contributed by atoms with Crippen LogP contribution in [-0.4, -0.2) is 46.8 Å². The van der Waals surface area contributed by atoms with Crippen molar-refractivity contribution in [1.29, 1.82) is 0 Å². The lowest BCUT2D eigenvalue weighted by atomic mass is 9.46. The quantitative estimate of drug-likeness (QED) is 0.524. The monoisotopic (exact) mass is 476 g/mol. The molecule has 0 aromatic rings. The normalized spacial score (nSPS) is 54.2. The SMILES string of the molecule is CCO[C@@H](C1CCC2C(CC3C4CCC5C(C)(C)[C@@H](O)CCC56C[C@@]46CCC23C)O1)C(C)(C)O.[HH]. The van der Waals surface area contributed by atoms with E-state index in [1.54, 1.807) is 0 Å². The molecular formula is C30H52O4. The maximum Gasteiger partial charge on any atom is 0.112 e. The van der Waals surface area contributed by atoms with Crippen molar-refractivity contribution >= 4 is 0 Å². The maximum atomic E-state index is 10.9. The van der Waals surface area contributed by atoms with Gasteiger partial charge in [0.25, 0.3) is 0 Å². The van der Waals surface area contributed by atoms with Crippen molar-refractivity contribution in [3.05, 3.63) is 0 Å². The lowest BCUT2D eigenvalue weighted by molar-refractivity contribution is -0.193. The molecule has 0 aromatic carbocycles. The number of aliphatic hydroxyl groups is 2. The first-order valence-electron chi connectivity index (χ1n) is 14.6. The Hall–Kier alpha value is -0.160. The van der Waals surface area contributed by atoms with Crippen LogP contribution in [0.25, 0.3) is 0 Å². The highest BCUT2D eigenvalue weighted by Gasteiger charge is 2.80. The molecule has 0 bridgehead atoms. The van der Waals surface area contributed by atoms with Crippen LogP contribution in [0.4, 0.5) is 0 Å². The first-order valence-corrected chi connectivity index (χ1v) is 14.6. The Morgan fingerprint density at radius 2 is 1.71 bits per heavy atom. The topological polar surface area (TPSA) is 58.9 Å². The summed E-state index contributed by atoms with van der Waals surface area (Å²) in [4.78, 5) is 0. The van der Waals surface area contributed by atoms with Crippen LogP contribution in [0.3, 0.4) is 0 Å². The molecule has 2 spiro atoms. The first-order chi connectivity index (χ1) is 15.9. The van der Waals surface area contributed by atoms with Gasteiger partial charge in [-0.15, -0.1) is 0 Å². The van der Waals surface area contributed by atoms with Crippen molar-refractivity contribution < 1.29 is 21.1 Å². The molecule has 8 unspecified atom stereocenters. The molecule has 6 rings (SSSR count). The van der Waals surface area contributed by atoms with E-state index in [1.807, 2.05) is 20.8 Å². The highest BCUT2D eigenvalue weighted by Crippen LogP contribution is 2.87. The standard InChI is InChI=1S/C30H50O4.H2/c1-7-33-25(27(4,5)32)21-10-8-19-22(34-21)16-20-18-9-11-23-26(2,3)24(31)12-13-30(23)17-29(18,30)15-14-28(19,20)6;/h18-25,31-32H,7-17H2,1-6H3;1H/t18?,19?,20?,21?,22?,23?,24-,25-,28?,29-,30?;/m0./s1. The van der Waals surface area contributed by atoms with Crippen molar-refractivity contribution in [1.82, 2.24) is 0 Å². The van der Waals surface area contributed by atoms with Gasteiger partial charge in [-0.25, -0.2) is 0 Å². The molecule has 5 saturated carbocycles. The Morgan fingerprint density at radius 1 is 0.971 bits per heavy atom. The van der Waals surface area contributed by atoms with Gasteiger partial charge in [-0.1, -0.05) is 20.8 Å². The zero-order chi connectivity index (χ0) is 24.3. The summed E-state index contributed by atoms with van der Waals surface area (Å²) in [7, 11) is 0. The number of fused-ring (bicyclic) bond motifs is 4. The van der Waals surface area contributed by atoms with Crippen LogP contribution in [0.1, 0.15) is 107 Å². The largest absolute Gasteiger partial charge is 0.393 e. The lowest BCUT2D eigenvalue weighted by Gasteiger charge is -2.59. The fraction of sp³-hybridized carbons (Fsp3) is 1.00. The zero-order valence-corrected chi connectivity index (χ0v) is 22.6. The fourth-order valence-corrected chi connectivity index (χ4v) is 11.4. The molecule has 2 N–H and O–H groups in total. The van der Waals surface area contributed by atoms with E-state index in [1.165, 1.54) is 51.4 Å². The predicted molar refractivity (Wildman–Crippen MR) is 135 cm³/mol. The average molecular weight is 477 g/mol. The van der Waals surface area contributed by atoms with Gasteiger partial charge in [0.15, 0.2) is 0 Å². The highest BCUT2D eigenvalue weighted by atomic mass is 16.6. The Bertz CT molecular complexity index is 824. The second-order valence-corrected chi connectivity index (χ2v) is 14.9. The van der Waals surface area contributed by atoms with Crippen molar-refractivity contribution in [2.45, 2.75) is 136 Å². The van der Waals surface area contributed by atoms with Crippen molar-refractivity contribution in [3.8, 4) is 0 Å². The summed E-state index contributed by atoms with van der Waals surface area (Å²) in [5, 5.41) is 21.7. The molecule has 0 radical (unpaired) electrons. The third-order valence-electron chi connectivity index (χ3n) is 13.0. The molecule has 34 heavy (non-hydrogen) atoms. The summed E-state index contributed by atoms with van der Waals surface area (Å²) in [6.07, 6.45) is 12.5. The van der Waals surface area contributed by atoms with E-state index in [-0.39, 0.29) is 25.2 Å². The summed E-state index contributed by atoms with van der Waals surface area (Å²) in [5.74, 6) is 2.98. The Kier molecular flexibility index (Phi) is 5.30. The molecule has 11 atom stereocenters. The number of ether oxygens (including phenoxy) is 2. The lowest BCUT2D eigenvalue weighted by Crippen LogP contribution is -2.54. The second kappa shape index (κ2) is 7.45. The van der Waals surface area contributed by atoms with E-state index in [2.05, 4.69) is 20.8 Å². The molecule has 196 valence electrons. The van der Waals surface area contributed by atoms with Crippen LogP contribution in [0.15, 0.2) is 0 Å². The minimum absolute atomic E-state index is 0. The molecule has 6 aliphatic rings. The van der Waals surface area contributed by atoms with Crippen molar-refractivity contribution in [2.75, 3.05) is 6.61 Å². The predicted octanol–water partition coefficient (Wildman–Crippen LogP) is 5.98. The van der Waals surface area contributed by atoms with Gasteiger partial charge >= 0.3 is 0 Å². The molecule has 4 heteroatoms. The van der Waals surface area contributed by atoms with Gasteiger partial charge in [0.2, 0.25) is 0 Å². The van der Waals surface area contributed by atoms with Gasteiger partial charge in [-0.2, -0.15) is 0 Å². The van der Waals surface area contributed by atoms with Crippen molar-refractivity contribution in [2.24, 2.45) is 45.3 Å². The van der Waals surface area contributed by atoms with Crippen LogP contribution >= 0.6 is 0 Å². The number of rotatable bonds is 4. The van der Waals surface area contributed by atoms with Crippen LogP contribution in [0.2, 0.25) is 0 Å². The summed E-state index contributed by atoms with van der Waals surface area (Å²) in [6, 6.07) is 0. The molecule has 0 aromatic heterocycles. The second-order valence-electron chi connectivity index (χ2n) is 14.9. The molecule has 1 aliphatic heterocycles. The third-order valence-corrected chi connectivity index (χ3v) is 13.0. The molecule has 5 aliphatic carbocycles. The number of aliphatic hydroxyl groups excluding tert-OH is 1. The fourth-order valence-electron chi connectivity index (χ4n) is 11.4. The Morgan fingerprint density at radius 3 is 2.41 bits per heavy atom. The highest BCUT2D eigenvalue weighted by molar-refractivity contribution is 5.29. The summed E-state index contributed by atoms with van der Waals surface area (Å²) >= 11 is 0. The molecule has 6 fully saturated rings. The van der Waals surface area contributed by atoms with E-state index in [9.17, 15) is 10.2 Å². The minimum atomic E-state index is -0.885. The van der Waals surface area contributed by atoms with E-state index < -0.39 is 5.60 Å². The molecule has 1 saturated heterocycles. The van der Waals surface area contributed by atoms with E-state index in [0.29, 0.717) is 40.8 Å². The maximum absolute atomic E-state index is 10.9. The minimum Gasteiger partial charge on any atom is -0.393 e. The molecule has 4 nitrogen and oxygen atoms in total. The Labute approximate surface area is 209 Å². The average Bonchev–Trinajstić information content (AvgIpc) is 3.34. The summed E-state index contributed by atoms with van der Waals surface area (Å²) in [6.45, 7) is 13.7. The molecule has 0 amide bonds. The van der Waals surface area contributed by atoms with Crippen LogP contribution < -0.4 is 0 Å². The molecular weight excluding hydrogens is 424 g/mol. The van der Waals surface area contributed by atoms with E-state index >= 15 is 0 Å². The van der Waals surface area contributed by atoms with Crippen molar-refractivity contribution in [3.63, 3.8) is 0 Å². The van der Waals surface area contributed by atoms with Gasteiger partial charge in [0.05, 0.1) is 23.9 Å². The summed E-state index contributed by atoms with van der Waals surface area (Å²) in [5.41, 5.74) is 0.647. The van der Waals surface area contributed by atoms with Crippen LogP contribution in [0.5, 0.6) is 0 Å². The van der Waals surface area contributed by atoms with Gasteiger partial charge in [-0.3, -0.25) is 0 Å². The molecule has 1 heterocycles.